The number of anilines is 3. The third-order valence-electron chi connectivity index (χ3n) is 2.81. The van der Waals surface area contributed by atoms with Gasteiger partial charge in [-0.2, -0.15) is 13.2 Å². The van der Waals surface area contributed by atoms with Crippen molar-refractivity contribution >= 4 is 23.4 Å². The lowest BCUT2D eigenvalue weighted by atomic mass is 10.2. The molecule has 6 nitrogen and oxygen atoms in total. The highest BCUT2D eigenvalue weighted by Gasteiger charge is 2.29. The average Bonchev–Trinajstić information content (AvgIpc) is 2.48. The van der Waals surface area contributed by atoms with E-state index < -0.39 is 17.8 Å². The summed E-state index contributed by atoms with van der Waals surface area (Å²) in [6.07, 6.45) is -4.37. The second-order valence-electron chi connectivity index (χ2n) is 5.26. The van der Waals surface area contributed by atoms with Gasteiger partial charge in [-0.15, -0.1) is 10.2 Å². The number of hydrogen-bond donors (Lipinski definition) is 3. The van der Waals surface area contributed by atoms with E-state index in [1.807, 2.05) is 13.8 Å². The first-order valence-electron chi connectivity index (χ1n) is 7.09. The number of amides is 2. The summed E-state index contributed by atoms with van der Waals surface area (Å²) in [6.45, 7) is 3.64. The molecule has 9 heteroatoms. The van der Waals surface area contributed by atoms with Gasteiger partial charge < -0.3 is 10.6 Å². The van der Waals surface area contributed by atoms with Gasteiger partial charge in [0.25, 0.3) is 0 Å². The van der Waals surface area contributed by atoms with Gasteiger partial charge in [-0.05, 0) is 50.2 Å². The summed E-state index contributed by atoms with van der Waals surface area (Å²) in [5.41, 5.74) is -0.287. The van der Waals surface area contributed by atoms with Crippen molar-refractivity contribution in [3.8, 4) is 0 Å². The Hall–Kier alpha value is -2.84. The van der Waals surface area contributed by atoms with Crippen molar-refractivity contribution in [2.75, 3.05) is 10.6 Å². The maximum atomic E-state index is 12.5. The number of hydrogen-bond acceptors (Lipinski definition) is 4. The summed E-state index contributed by atoms with van der Waals surface area (Å²) >= 11 is 0. The van der Waals surface area contributed by atoms with Gasteiger partial charge in [-0.25, -0.2) is 4.79 Å². The first-order valence-corrected chi connectivity index (χ1v) is 7.09. The van der Waals surface area contributed by atoms with E-state index in [9.17, 15) is 18.0 Å². The zero-order valence-electron chi connectivity index (χ0n) is 13.0. The zero-order chi connectivity index (χ0) is 17.7. The molecular formula is C15H16F3N5O. The number of carbonyl (C=O) groups excluding carboxylic acids is 1. The predicted molar refractivity (Wildman–Crippen MR) is 84.0 cm³/mol. The minimum Gasteiger partial charge on any atom is -0.339 e. The van der Waals surface area contributed by atoms with Crippen molar-refractivity contribution in [2.24, 2.45) is 0 Å². The van der Waals surface area contributed by atoms with Gasteiger partial charge in [0.15, 0.2) is 11.6 Å². The highest BCUT2D eigenvalue weighted by molar-refractivity contribution is 5.88. The van der Waals surface area contributed by atoms with Gasteiger partial charge >= 0.3 is 12.2 Å². The van der Waals surface area contributed by atoms with Crippen LogP contribution < -0.4 is 16.0 Å². The molecule has 0 spiro atoms. The largest absolute Gasteiger partial charge is 0.416 e. The Balaban J connectivity index is 1.97. The monoisotopic (exact) mass is 339 g/mol. The highest BCUT2D eigenvalue weighted by atomic mass is 19.4. The van der Waals surface area contributed by atoms with Crippen molar-refractivity contribution in [3.63, 3.8) is 0 Å². The van der Waals surface area contributed by atoms with Crippen molar-refractivity contribution in [2.45, 2.75) is 26.1 Å². The fourth-order valence-electron chi connectivity index (χ4n) is 1.77. The van der Waals surface area contributed by atoms with Gasteiger partial charge in [-0.3, -0.25) is 5.32 Å². The molecule has 1 aromatic heterocycles. The van der Waals surface area contributed by atoms with E-state index in [1.54, 1.807) is 6.07 Å². The minimum absolute atomic E-state index is 0.0152. The van der Waals surface area contributed by atoms with E-state index >= 15 is 0 Å². The van der Waals surface area contributed by atoms with E-state index in [4.69, 9.17) is 0 Å². The summed E-state index contributed by atoms with van der Waals surface area (Å²) in [6, 6.07) is 7.21. The first kappa shape index (κ1) is 17.5. The molecule has 3 N–H and O–H groups in total. The van der Waals surface area contributed by atoms with Crippen LogP contribution in [0.1, 0.15) is 19.4 Å². The summed E-state index contributed by atoms with van der Waals surface area (Å²) < 4.78 is 37.5. The van der Waals surface area contributed by atoms with Gasteiger partial charge in [-0.1, -0.05) is 0 Å². The normalized spacial score (nSPS) is 11.2. The van der Waals surface area contributed by atoms with Gasteiger partial charge in [0.05, 0.1) is 5.56 Å². The quantitative estimate of drug-likeness (QED) is 0.792. The predicted octanol–water partition coefficient (Wildman–Crippen LogP) is 3.77. The van der Waals surface area contributed by atoms with Crippen molar-refractivity contribution in [1.29, 1.82) is 0 Å². The number of nitrogens with one attached hydrogen (secondary N) is 3. The maximum absolute atomic E-state index is 12.5. The van der Waals surface area contributed by atoms with Crippen LogP contribution in [0.5, 0.6) is 0 Å². The molecule has 0 fully saturated rings. The molecule has 0 saturated carbocycles. The fraction of sp³-hybridized carbons (Fsp3) is 0.267. The van der Waals surface area contributed by atoms with Crippen LogP contribution in [0.15, 0.2) is 36.4 Å². The molecule has 1 heterocycles. The lowest BCUT2D eigenvalue weighted by molar-refractivity contribution is -0.137. The molecule has 1 aromatic carbocycles. The smallest absolute Gasteiger partial charge is 0.339 e. The Bertz CT molecular complexity index is 684. The molecule has 0 saturated heterocycles. The number of rotatable bonds is 4. The lowest BCUT2D eigenvalue weighted by Crippen LogP contribution is -2.34. The third kappa shape index (κ3) is 5.11. The van der Waals surface area contributed by atoms with Crippen molar-refractivity contribution in [3.05, 3.63) is 42.0 Å². The van der Waals surface area contributed by atoms with Crippen LogP contribution >= 0.6 is 0 Å². The van der Waals surface area contributed by atoms with Crippen LogP contribution in [-0.2, 0) is 6.18 Å². The number of carbonyl (C=O) groups is 1. The summed E-state index contributed by atoms with van der Waals surface area (Å²) in [5.74, 6) is 0.593. The number of aromatic nitrogens is 2. The topological polar surface area (TPSA) is 78.9 Å². The zero-order valence-corrected chi connectivity index (χ0v) is 13.0. The molecule has 0 unspecified atom stereocenters. The highest BCUT2D eigenvalue weighted by Crippen LogP contribution is 2.30. The lowest BCUT2D eigenvalue weighted by Gasteiger charge is -2.10. The Morgan fingerprint density at radius 1 is 1.00 bits per heavy atom. The standard InChI is InChI=1S/C15H16F3N5O/c1-9(2)19-14(24)21-13-8-7-12(22-23-13)20-11-5-3-10(4-6-11)15(16,17)18/h3-9H,1-2H3,(H,20,22)(H2,19,21,23,24). The second kappa shape index (κ2) is 7.16. The molecule has 0 atom stereocenters. The van der Waals surface area contributed by atoms with E-state index in [1.165, 1.54) is 18.2 Å². The Morgan fingerprint density at radius 3 is 2.08 bits per heavy atom. The van der Waals surface area contributed by atoms with Gasteiger partial charge in [0.1, 0.15) is 0 Å². The minimum atomic E-state index is -4.37. The number of benzene rings is 1. The molecule has 0 radical (unpaired) electrons. The summed E-state index contributed by atoms with van der Waals surface area (Å²) in [5, 5.41) is 15.6. The van der Waals surface area contributed by atoms with E-state index in [0.29, 0.717) is 11.5 Å². The molecular weight excluding hydrogens is 323 g/mol. The van der Waals surface area contributed by atoms with Crippen LogP contribution in [0, 0.1) is 0 Å². The van der Waals surface area contributed by atoms with E-state index in [2.05, 4.69) is 26.1 Å². The van der Waals surface area contributed by atoms with Crippen LogP contribution in [0.2, 0.25) is 0 Å². The molecule has 0 aliphatic heterocycles. The van der Waals surface area contributed by atoms with Gasteiger partial charge in [0, 0.05) is 11.7 Å². The third-order valence-corrected chi connectivity index (χ3v) is 2.81. The molecule has 2 rings (SSSR count). The molecule has 0 bridgehead atoms. The molecule has 24 heavy (non-hydrogen) atoms. The summed E-state index contributed by atoms with van der Waals surface area (Å²) in [4.78, 5) is 11.5. The SMILES string of the molecule is CC(C)NC(=O)Nc1ccc(Nc2ccc(C(F)(F)F)cc2)nn1. The first-order chi connectivity index (χ1) is 11.2. The Labute approximate surface area is 136 Å². The van der Waals surface area contributed by atoms with Gasteiger partial charge in [0.2, 0.25) is 0 Å². The van der Waals surface area contributed by atoms with Crippen LogP contribution in [-0.4, -0.2) is 22.3 Å². The van der Waals surface area contributed by atoms with Crippen molar-refractivity contribution < 1.29 is 18.0 Å². The number of halogens is 3. The molecule has 0 aliphatic rings. The average molecular weight is 339 g/mol. The number of urea groups is 1. The molecule has 2 aromatic rings. The van der Waals surface area contributed by atoms with Crippen LogP contribution in [0.25, 0.3) is 0 Å². The molecule has 128 valence electrons. The summed E-state index contributed by atoms with van der Waals surface area (Å²) in [7, 11) is 0. The number of nitrogens with zero attached hydrogens (tertiary/aromatic N) is 2. The maximum Gasteiger partial charge on any atom is 0.416 e. The van der Waals surface area contributed by atoms with Crippen LogP contribution in [0.3, 0.4) is 0 Å². The Morgan fingerprint density at radius 2 is 1.58 bits per heavy atom. The second-order valence-corrected chi connectivity index (χ2v) is 5.26. The molecule has 2 amide bonds. The number of alkyl halides is 3. The van der Waals surface area contributed by atoms with Crippen molar-refractivity contribution in [1.82, 2.24) is 15.5 Å². The van der Waals surface area contributed by atoms with Crippen LogP contribution in [0.4, 0.5) is 35.3 Å². The Kier molecular flexibility index (Phi) is 5.22. The fourth-order valence-corrected chi connectivity index (χ4v) is 1.77. The van der Waals surface area contributed by atoms with E-state index in [0.717, 1.165) is 12.1 Å². The van der Waals surface area contributed by atoms with E-state index in [-0.39, 0.29) is 11.9 Å². The molecule has 0 aliphatic carbocycles.